The molecule has 0 saturated carbocycles. The van der Waals surface area contributed by atoms with Crippen LogP contribution in [-0.2, 0) is 6.42 Å². The summed E-state index contributed by atoms with van der Waals surface area (Å²) < 4.78 is 40.9. The highest BCUT2D eigenvalue weighted by atomic mass is 19.4. The molecule has 0 spiro atoms. The van der Waals surface area contributed by atoms with Crippen molar-refractivity contribution in [3.8, 4) is 28.0 Å². The van der Waals surface area contributed by atoms with E-state index in [0.717, 1.165) is 28.7 Å². The van der Waals surface area contributed by atoms with Gasteiger partial charge in [-0.25, -0.2) is 0 Å². The van der Waals surface area contributed by atoms with Gasteiger partial charge in [-0.2, -0.15) is 0 Å². The molecule has 0 aliphatic rings. The second-order valence-corrected chi connectivity index (χ2v) is 8.00. The molecule has 0 atom stereocenters. The SMILES string of the molecule is CCCCCc1ccc2cc(-c3ccc(-c4ccc(OC(F)(F)F)cc4)cc3)ccc2c1. The zero-order chi connectivity index (χ0) is 22.6. The maximum Gasteiger partial charge on any atom is 0.573 e. The van der Waals surface area contributed by atoms with Crippen molar-refractivity contribution in [1.29, 1.82) is 0 Å². The van der Waals surface area contributed by atoms with Crippen molar-refractivity contribution < 1.29 is 17.9 Å². The van der Waals surface area contributed by atoms with Gasteiger partial charge in [0.2, 0.25) is 0 Å². The summed E-state index contributed by atoms with van der Waals surface area (Å²) in [5, 5.41) is 2.46. The summed E-state index contributed by atoms with van der Waals surface area (Å²) >= 11 is 0. The minimum atomic E-state index is -4.68. The number of alkyl halides is 3. The third kappa shape index (κ3) is 5.50. The molecule has 4 rings (SSSR count). The van der Waals surface area contributed by atoms with E-state index in [0.29, 0.717) is 0 Å². The minimum Gasteiger partial charge on any atom is -0.406 e. The van der Waals surface area contributed by atoms with Crippen LogP contribution < -0.4 is 4.74 Å². The van der Waals surface area contributed by atoms with Crippen LogP contribution in [0, 0.1) is 0 Å². The van der Waals surface area contributed by atoms with Crippen LogP contribution in [0.25, 0.3) is 33.0 Å². The number of halogens is 3. The summed E-state index contributed by atoms with van der Waals surface area (Å²) in [6.45, 7) is 2.22. The Hall–Kier alpha value is -3.27. The molecule has 4 heteroatoms. The van der Waals surface area contributed by atoms with Crippen molar-refractivity contribution in [2.75, 3.05) is 0 Å². The molecule has 0 radical (unpaired) electrons. The maximum absolute atomic E-state index is 12.3. The van der Waals surface area contributed by atoms with Gasteiger partial charge in [0.25, 0.3) is 0 Å². The molecule has 0 aromatic heterocycles. The van der Waals surface area contributed by atoms with Gasteiger partial charge in [-0.15, -0.1) is 13.2 Å². The van der Waals surface area contributed by atoms with Crippen molar-refractivity contribution >= 4 is 10.8 Å². The molecule has 0 fully saturated rings. The fraction of sp³-hybridized carbons (Fsp3) is 0.214. The molecule has 4 aromatic rings. The second kappa shape index (κ2) is 9.47. The van der Waals surface area contributed by atoms with Crippen molar-refractivity contribution in [2.24, 2.45) is 0 Å². The van der Waals surface area contributed by atoms with E-state index < -0.39 is 6.36 Å². The van der Waals surface area contributed by atoms with Crippen LogP contribution in [0.4, 0.5) is 13.2 Å². The van der Waals surface area contributed by atoms with E-state index in [1.807, 2.05) is 24.3 Å². The standard InChI is InChI=1S/C28H25F3O/c1-2-3-4-5-20-6-7-26-19-25(13-12-24(26)18-20)23-10-8-21(9-11-23)22-14-16-27(17-15-22)32-28(29,30)31/h6-19H,2-5H2,1H3. The van der Waals surface area contributed by atoms with Gasteiger partial charge in [0.15, 0.2) is 0 Å². The maximum atomic E-state index is 12.3. The van der Waals surface area contributed by atoms with Gasteiger partial charge in [-0.05, 0) is 69.6 Å². The zero-order valence-electron chi connectivity index (χ0n) is 18.0. The lowest BCUT2D eigenvalue weighted by Gasteiger charge is -2.10. The number of unbranched alkanes of at least 4 members (excludes halogenated alkanes) is 2. The van der Waals surface area contributed by atoms with E-state index in [1.165, 1.54) is 47.7 Å². The predicted molar refractivity (Wildman–Crippen MR) is 125 cm³/mol. The van der Waals surface area contributed by atoms with Crippen LogP contribution in [0.15, 0.2) is 84.9 Å². The Morgan fingerprint density at radius 2 is 1.16 bits per heavy atom. The topological polar surface area (TPSA) is 9.23 Å². The van der Waals surface area contributed by atoms with Gasteiger partial charge < -0.3 is 4.74 Å². The lowest BCUT2D eigenvalue weighted by molar-refractivity contribution is -0.274. The summed E-state index contributed by atoms with van der Waals surface area (Å²) in [6.07, 6.45) is 0.159. The average Bonchev–Trinajstić information content (AvgIpc) is 2.78. The minimum absolute atomic E-state index is 0.220. The molecular weight excluding hydrogens is 409 g/mol. The fourth-order valence-electron chi connectivity index (χ4n) is 3.91. The Morgan fingerprint density at radius 3 is 1.78 bits per heavy atom. The smallest absolute Gasteiger partial charge is 0.406 e. The van der Waals surface area contributed by atoms with E-state index in [-0.39, 0.29) is 5.75 Å². The number of hydrogen-bond acceptors (Lipinski definition) is 1. The number of aryl methyl sites for hydroxylation is 1. The highest BCUT2D eigenvalue weighted by Crippen LogP contribution is 2.30. The van der Waals surface area contributed by atoms with Crippen LogP contribution in [-0.4, -0.2) is 6.36 Å². The van der Waals surface area contributed by atoms with E-state index in [4.69, 9.17) is 0 Å². The number of hydrogen-bond donors (Lipinski definition) is 0. The molecule has 164 valence electrons. The number of rotatable bonds is 7. The molecule has 0 bridgehead atoms. The highest BCUT2D eigenvalue weighted by molar-refractivity contribution is 5.88. The van der Waals surface area contributed by atoms with Gasteiger partial charge >= 0.3 is 6.36 Å². The molecule has 0 saturated heterocycles. The summed E-state index contributed by atoms with van der Waals surface area (Å²) in [4.78, 5) is 0. The van der Waals surface area contributed by atoms with Crippen LogP contribution in [0.1, 0.15) is 31.7 Å². The molecule has 0 N–H and O–H groups in total. The largest absolute Gasteiger partial charge is 0.573 e. The summed E-state index contributed by atoms with van der Waals surface area (Å²) in [6, 6.07) is 27.2. The molecule has 0 amide bonds. The van der Waals surface area contributed by atoms with Crippen LogP contribution in [0.2, 0.25) is 0 Å². The van der Waals surface area contributed by atoms with Gasteiger partial charge in [0.1, 0.15) is 5.75 Å². The highest BCUT2D eigenvalue weighted by Gasteiger charge is 2.30. The molecule has 0 unspecified atom stereocenters. The third-order valence-corrected chi connectivity index (χ3v) is 5.61. The van der Waals surface area contributed by atoms with Crippen molar-refractivity contribution in [3.63, 3.8) is 0 Å². The predicted octanol–water partition coefficient (Wildman–Crippen LogP) is 8.81. The first-order chi connectivity index (χ1) is 15.4. The van der Waals surface area contributed by atoms with Crippen LogP contribution >= 0.6 is 0 Å². The molecule has 0 heterocycles. The van der Waals surface area contributed by atoms with E-state index >= 15 is 0 Å². The first-order valence-corrected chi connectivity index (χ1v) is 10.9. The first kappa shape index (κ1) is 21.9. The number of fused-ring (bicyclic) bond motifs is 1. The summed E-state index contributed by atoms with van der Waals surface area (Å²) in [7, 11) is 0. The lowest BCUT2D eigenvalue weighted by atomic mass is 9.97. The van der Waals surface area contributed by atoms with Crippen molar-refractivity contribution in [1.82, 2.24) is 0 Å². The Kier molecular flexibility index (Phi) is 6.50. The Bertz CT molecular complexity index is 1180. The lowest BCUT2D eigenvalue weighted by Crippen LogP contribution is -2.16. The molecule has 0 aliphatic heterocycles. The van der Waals surface area contributed by atoms with Gasteiger partial charge in [-0.1, -0.05) is 86.5 Å². The van der Waals surface area contributed by atoms with Crippen molar-refractivity contribution in [2.45, 2.75) is 39.0 Å². The Labute approximate surface area is 186 Å². The molecule has 0 aliphatic carbocycles. The van der Waals surface area contributed by atoms with E-state index in [2.05, 4.69) is 48.1 Å². The molecule has 4 aromatic carbocycles. The second-order valence-electron chi connectivity index (χ2n) is 8.00. The van der Waals surface area contributed by atoms with Gasteiger partial charge in [0.05, 0.1) is 0 Å². The molecule has 32 heavy (non-hydrogen) atoms. The third-order valence-electron chi connectivity index (χ3n) is 5.61. The average molecular weight is 435 g/mol. The summed E-state index contributed by atoms with van der Waals surface area (Å²) in [5.41, 5.74) is 5.39. The van der Waals surface area contributed by atoms with Gasteiger partial charge in [-0.3, -0.25) is 0 Å². The normalized spacial score (nSPS) is 11.6. The Morgan fingerprint density at radius 1 is 0.625 bits per heavy atom. The monoisotopic (exact) mass is 434 g/mol. The van der Waals surface area contributed by atoms with E-state index in [9.17, 15) is 13.2 Å². The van der Waals surface area contributed by atoms with Crippen LogP contribution in [0.3, 0.4) is 0 Å². The molecule has 1 nitrogen and oxygen atoms in total. The first-order valence-electron chi connectivity index (χ1n) is 10.9. The van der Waals surface area contributed by atoms with Crippen LogP contribution in [0.5, 0.6) is 5.75 Å². The summed E-state index contributed by atoms with van der Waals surface area (Å²) in [5.74, 6) is -0.220. The van der Waals surface area contributed by atoms with Crippen molar-refractivity contribution in [3.05, 3.63) is 90.5 Å². The Balaban J connectivity index is 1.50. The van der Waals surface area contributed by atoms with E-state index in [1.54, 1.807) is 12.1 Å². The zero-order valence-corrected chi connectivity index (χ0v) is 18.0. The number of ether oxygens (including phenoxy) is 1. The quantitative estimate of drug-likeness (QED) is 0.264. The number of benzene rings is 4. The van der Waals surface area contributed by atoms with Gasteiger partial charge in [0, 0.05) is 0 Å². The fourth-order valence-corrected chi connectivity index (χ4v) is 3.91. The molecular formula is C28H25F3O.